The first-order valence-corrected chi connectivity index (χ1v) is 8.38. The topological polar surface area (TPSA) is 59.3 Å². The highest BCUT2D eigenvalue weighted by atomic mass is 79.9. The van der Waals surface area contributed by atoms with Crippen LogP contribution in [0.15, 0.2) is 20.7 Å². The second-order valence-electron chi connectivity index (χ2n) is 5.16. The van der Waals surface area contributed by atoms with E-state index in [4.69, 9.17) is 9.57 Å². The summed E-state index contributed by atoms with van der Waals surface area (Å²) in [6, 6.07) is 1.93. The van der Waals surface area contributed by atoms with E-state index in [-0.39, 0.29) is 0 Å². The largest absolute Gasteiger partial charge is 0.477 e. The Morgan fingerprint density at radius 3 is 2.87 bits per heavy atom. The fourth-order valence-electron chi connectivity index (χ4n) is 1.72. The van der Waals surface area contributed by atoms with Gasteiger partial charge in [-0.25, -0.2) is 9.98 Å². The van der Waals surface area contributed by atoms with Crippen molar-refractivity contribution in [1.29, 1.82) is 0 Å². The number of aliphatic imine (C=N–C) groups is 1. The van der Waals surface area contributed by atoms with E-state index in [9.17, 15) is 0 Å². The minimum absolute atomic E-state index is 0.572. The molecule has 0 aliphatic carbocycles. The van der Waals surface area contributed by atoms with Crippen molar-refractivity contribution in [1.82, 2.24) is 9.88 Å². The molecule has 0 spiro atoms. The van der Waals surface area contributed by atoms with Crippen LogP contribution in [0, 0.1) is 6.92 Å². The molecule has 1 aromatic rings. The van der Waals surface area contributed by atoms with Crippen LogP contribution < -0.4 is 4.74 Å². The van der Waals surface area contributed by atoms with E-state index >= 15 is 0 Å². The number of hydrogen-bond acceptors (Lipinski definition) is 5. The van der Waals surface area contributed by atoms with Crippen molar-refractivity contribution >= 4 is 33.7 Å². The maximum absolute atomic E-state index is 5.73. The Labute approximate surface area is 146 Å². The van der Waals surface area contributed by atoms with Crippen LogP contribution in [0.5, 0.6) is 5.88 Å². The van der Waals surface area contributed by atoms with Gasteiger partial charge in [0.1, 0.15) is 7.11 Å². The van der Waals surface area contributed by atoms with Gasteiger partial charge in [-0.1, -0.05) is 5.16 Å². The lowest BCUT2D eigenvalue weighted by Crippen LogP contribution is -2.14. The number of aryl methyl sites for hydroxylation is 1. The lowest BCUT2D eigenvalue weighted by Gasteiger charge is -2.11. The second-order valence-corrected chi connectivity index (χ2v) is 6.01. The van der Waals surface area contributed by atoms with Crippen molar-refractivity contribution in [3.63, 3.8) is 0 Å². The molecule has 128 valence electrons. The van der Waals surface area contributed by atoms with Gasteiger partial charge in [0.15, 0.2) is 0 Å². The number of halogens is 1. The molecule has 0 N–H and O–H groups in total. The van der Waals surface area contributed by atoms with Gasteiger partial charge in [0.2, 0.25) is 5.88 Å². The molecule has 6 nitrogen and oxygen atoms in total. The molecule has 0 amide bonds. The zero-order chi connectivity index (χ0) is 17.2. The normalized spacial score (nSPS) is 11.8. The standard InChI is InChI=1S/C16H25BrN4O2/c1-6-21(4)11-18-15-10-14(17)16(19-13(15)3)23-9-7-8-12(2)20-22-5/h10-11H,6-9H2,1-5H3. The summed E-state index contributed by atoms with van der Waals surface area (Å²) < 4.78 is 6.53. The molecular formula is C16H25BrN4O2. The summed E-state index contributed by atoms with van der Waals surface area (Å²) in [5.74, 6) is 0.589. The Morgan fingerprint density at radius 1 is 1.48 bits per heavy atom. The molecule has 1 heterocycles. The number of hydrogen-bond donors (Lipinski definition) is 0. The Morgan fingerprint density at radius 2 is 2.22 bits per heavy atom. The second kappa shape index (κ2) is 10.2. The number of oxime groups is 1. The summed E-state index contributed by atoms with van der Waals surface area (Å²) in [6.07, 6.45) is 3.48. The lowest BCUT2D eigenvalue weighted by molar-refractivity contribution is 0.212. The zero-order valence-electron chi connectivity index (χ0n) is 14.5. The molecule has 0 aliphatic heterocycles. The first-order chi connectivity index (χ1) is 11.0. The van der Waals surface area contributed by atoms with E-state index < -0.39 is 0 Å². The van der Waals surface area contributed by atoms with Gasteiger partial charge < -0.3 is 14.5 Å². The quantitative estimate of drug-likeness (QED) is 0.280. The van der Waals surface area contributed by atoms with Gasteiger partial charge in [-0.05, 0) is 55.6 Å². The van der Waals surface area contributed by atoms with Crippen molar-refractivity contribution in [2.24, 2.45) is 10.1 Å². The Bertz CT molecular complexity index is 561. The lowest BCUT2D eigenvalue weighted by atomic mass is 10.2. The molecule has 0 atom stereocenters. The first-order valence-electron chi connectivity index (χ1n) is 7.58. The Balaban J connectivity index is 2.63. The van der Waals surface area contributed by atoms with Gasteiger partial charge in [-0.2, -0.15) is 0 Å². The van der Waals surface area contributed by atoms with Gasteiger partial charge >= 0.3 is 0 Å². The van der Waals surface area contributed by atoms with E-state index in [1.165, 1.54) is 0 Å². The van der Waals surface area contributed by atoms with Crippen molar-refractivity contribution in [3.05, 3.63) is 16.2 Å². The van der Waals surface area contributed by atoms with Crippen molar-refractivity contribution in [2.75, 3.05) is 27.3 Å². The molecule has 0 unspecified atom stereocenters. The number of ether oxygens (including phenoxy) is 1. The molecule has 0 bridgehead atoms. The van der Waals surface area contributed by atoms with E-state index in [2.05, 4.69) is 38.0 Å². The molecule has 0 saturated carbocycles. The molecule has 23 heavy (non-hydrogen) atoms. The molecule has 1 rings (SSSR count). The molecule has 0 radical (unpaired) electrons. The summed E-state index contributed by atoms with van der Waals surface area (Å²) in [4.78, 5) is 15.6. The first kappa shape index (κ1) is 19.4. The van der Waals surface area contributed by atoms with Crippen LogP contribution in [-0.2, 0) is 4.84 Å². The number of rotatable bonds is 9. The van der Waals surface area contributed by atoms with E-state index in [0.29, 0.717) is 12.5 Å². The summed E-state index contributed by atoms with van der Waals surface area (Å²) >= 11 is 3.49. The SMILES string of the molecule is CCN(C)C=Nc1cc(Br)c(OCCCC(C)=NOC)nc1C. The number of aromatic nitrogens is 1. The smallest absolute Gasteiger partial charge is 0.228 e. The zero-order valence-corrected chi connectivity index (χ0v) is 16.1. The van der Waals surface area contributed by atoms with Crippen LogP contribution >= 0.6 is 15.9 Å². The average molecular weight is 385 g/mol. The third-order valence-corrected chi connectivity index (χ3v) is 3.74. The Kier molecular flexibility index (Phi) is 8.61. The third kappa shape index (κ3) is 6.99. The summed E-state index contributed by atoms with van der Waals surface area (Å²) in [6.45, 7) is 7.41. The van der Waals surface area contributed by atoms with Gasteiger partial charge in [-0.15, -0.1) is 0 Å². The molecule has 7 heteroatoms. The van der Waals surface area contributed by atoms with E-state index in [1.54, 1.807) is 13.4 Å². The van der Waals surface area contributed by atoms with Crippen LogP contribution in [0.4, 0.5) is 5.69 Å². The van der Waals surface area contributed by atoms with Crippen LogP contribution in [0.3, 0.4) is 0 Å². The van der Waals surface area contributed by atoms with Crippen molar-refractivity contribution in [2.45, 2.75) is 33.6 Å². The molecular weight excluding hydrogens is 360 g/mol. The van der Waals surface area contributed by atoms with Gasteiger partial charge in [0.25, 0.3) is 0 Å². The van der Waals surface area contributed by atoms with Gasteiger partial charge in [0, 0.05) is 13.6 Å². The van der Waals surface area contributed by atoms with Crippen LogP contribution in [0.2, 0.25) is 0 Å². The average Bonchev–Trinajstić information content (AvgIpc) is 2.52. The van der Waals surface area contributed by atoms with E-state index in [0.717, 1.165) is 41.0 Å². The fourth-order valence-corrected chi connectivity index (χ4v) is 2.14. The summed E-state index contributed by atoms with van der Waals surface area (Å²) in [5, 5.41) is 3.87. The van der Waals surface area contributed by atoms with Crippen LogP contribution in [0.25, 0.3) is 0 Å². The highest BCUT2D eigenvalue weighted by Gasteiger charge is 2.08. The van der Waals surface area contributed by atoms with Crippen LogP contribution in [-0.4, -0.2) is 49.2 Å². The summed E-state index contributed by atoms with van der Waals surface area (Å²) in [7, 11) is 3.53. The van der Waals surface area contributed by atoms with Crippen molar-refractivity contribution < 1.29 is 9.57 Å². The number of pyridine rings is 1. The minimum Gasteiger partial charge on any atom is -0.477 e. The predicted octanol–water partition coefficient (Wildman–Crippen LogP) is 3.95. The maximum Gasteiger partial charge on any atom is 0.228 e. The molecule has 0 aliphatic rings. The van der Waals surface area contributed by atoms with Gasteiger partial charge in [0.05, 0.1) is 34.5 Å². The van der Waals surface area contributed by atoms with E-state index in [1.807, 2.05) is 31.9 Å². The van der Waals surface area contributed by atoms with Crippen molar-refractivity contribution in [3.8, 4) is 5.88 Å². The Hall–Kier alpha value is -1.63. The number of nitrogens with zero attached hydrogens (tertiary/aromatic N) is 4. The monoisotopic (exact) mass is 384 g/mol. The van der Waals surface area contributed by atoms with Crippen LogP contribution in [0.1, 0.15) is 32.4 Å². The minimum atomic E-state index is 0.572. The third-order valence-electron chi connectivity index (χ3n) is 3.17. The predicted molar refractivity (Wildman–Crippen MR) is 98.0 cm³/mol. The van der Waals surface area contributed by atoms with Gasteiger partial charge in [-0.3, -0.25) is 0 Å². The highest BCUT2D eigenvalue weighted by molar-refractivity contribution is 9.10. The highest BCUT2D eigenvalue weighted by Crippen LogP contribution is 2.29. The molecule has 0 aromatic carbocycles. The maximum atomic E-state index is 5.73. The molecule has 0 saturated heterocycles. The fraction of sp³-hybridized carbons (Fsp3) is 0.562. The molecule has 0 fully saturated rings. The molecule has 1 aromatic heterocycles. The summed E-state index contributed by atoms with van der Waals surface area (Å²) in [5.41, 5.74) is 2.61.